The first-order valence-electron chi connectivity index (χ1n) is 8.53. The van der Waals surface area contributed by atoms with E-state index < -0.39 is 29.7 Å². The maximum atomic E-state index is 11.8. The zero-order valence-electron chi connectivity index (χ0n) is 15.3. The van der Waals surface area contributed by atoms with Crippen molar-refractivity contribution in [1.29, 1.82) is 0 Å². The Bertz CT molecular complexity index is 656. The van der Waals surface area contributed by atoms with Gasteiger partial charge in [0.2, 0.25) is 0 Å². The Balaban J connectivity index is 2.05. The summed E-state index contributed by atoms with van der Waals surface area (Å²) in [5, 5.41) is 11.7. The molecule has 0 saturated carbocycles. The van der Waals surface area contributed by atoms with Gasteiger partial charge in [-0.25, -0.2) is 9.59 Å². The SMILES string of the molecule is CC(C)(C)OC(=O)N[C@@H](C[C@H](N)c1ccc2c(c1)OCCCO2)C(=O)O. The van der Waals surface area contributed by atoms with Crippen molar-refractivity contribution in [2.75, 3.05) is 13.2 Å². The van der Waals surface area contributed by atoms with Gasteiger partial charge in [-0.15, -0.1) is 0 Å². The number of carboxylic acid groups (broad SMARTS) is 1. The zero-order chi connectivity index (χ0) is 19.3. The molecule has 2 rings (SSSR count). The minimum Gasteiger partial charge on any atom is -0.490 e. The van der Waals surface area contributed by atoms with Crippen molar-refractivity contribution in [3.63, 3.8) is 0 Å². The van der Waals surface area contributed by atoms with Crippen LogP contribution in [0.4, 0.5) is 4.79 Å². The molecule has 0 bridgehead atoms. The summed E-state index contributed by atoms with van der Waals surface area (Å²) in [6.07, 6.45) is 0.00122. The predicted molar refractivity (Wildman–Crippen MR) is 94.4 cm³/mol. The number of amides is 1. The Morgan fingerprint density at radius 2 is 1.92 bits per heavy atom. The van der Waals surface area contributed by atoms with Gasteiger partial charge in [0, 0.05) is 12.5 Å². The van der Waals surface area contributed by atoms with Crippen LogP contribution in [0.15, 0.2) is 18.2 Å². The third-order valence-electron chi connectivity index (χ3n) is 3.68. The fourth-order valence-electron chi connectivity index (χ4n) is 2.47. The Morgan fingerprint density at radius 3 is 2.54 bits per heavy atom. The van der Waals surface area contributed by atoms with Crippen LogP contribution in [0.25, 0.3) is 0 Å². The van der Waals surface area contributed by atoms with Gasteiger partial charge in [0.05, 0.1) is 13.2 Å². The smallest absolute Gasteiger partial charge is 0.408 e. The highest BCUT2D eigenvalue weighted by atomic mass is 16.6. The molecule has 1 amide bonds. The lowest BCUT2D eigenvalue weighted by atomic mass is 9.99. The van der Waals surface area contributed by atoms with Crippen LogP contribution in [-0.2, 0) is 9.53 Å². The Morgan fingerprint density at radius 1 is 1.27 bits per heavy atom. The molecular weight excluding hydrogens is 340 g/mol. The predicted octanol–water partition coefficient (Wildman–Crippen LogP) is 2.22. The minimum atomic E-state index is -1.18. The van der Waals surface area contributed by atoms with Crippen molar-refractivity contribution in [3.8, 4) is 11.5 Å². The molecule has 0 fully saturated rings. The molecule has 144 valence electrons. The van der Waals surface area contributed by atoms with Gasteiger partial charge in [0.1, 0.15) is 11.6 Å². The highest BCUT2D eigenvalue weighted by molar-refractivity contribution is 5.80. The number of benzene rings is 1. The van der Waals surface area contributed by atoms with Gasteiger partial charge in [-0.3, -0.25) is 0 Å². The number of carbonyl (C=O) groups is 2. The molecule has 1 heterocycles. The number of carboxylic acids is 1. The number of alkyl carbamates (subject to hydrolysis) is 1. The second kappa shape index (κ2) is 8.27. The van der Waals surface area contributed by atoms with Crippen LogP contribution in [0.2, 0.25) is 0 Å². The van der Waals surface area contributed by atoms with Crippen LogP contribution in [0.1, 0.15) is 45.2 Å². The van der Waals surface area contributed by atoms with Crippen LogP contribution in [0.5, 0.6) is 11.5 Å². The topological polar surface area (TPSA) is 120 Å². The average Bonchev–Trinajstić information content (AvgIpc) is 2.76. The molecule has 1 aromatic carbocycles. The Hall–Kier alpha value is -2.48. The highest BCUT2D eigenvalue weighted by Gasteiger charge is 2.26. The molecule has 2 atom stereocenters. The molecule has 0 radical (unpaired) electrons. The summed E-state index contributed by atoms with van der Waals surface area (Å²) in [6, 6.07) is 3.49. The summed E-state index contributed by atoms with van der Waals surface area (Å²) in [5.41, 5.74) is 6.14. The van der Waals surface area contributed by atoms with E-state index >= 15 is 0 Å². The summed E-state index contributed by atoms with van der Waals surface area (Å²) < 4.78 is 16.3. The molecule has 26 heavy (non-hydrogen) atoms. The van der Waals surface area contributed by atoms with Gasteiger partial charge in [0.25, 0.3) is 0 Å². The number of hydrogen-bond donors (Lipinski definition) is 3. The first kappa shape index (κ1) is 19.8. The van der Waals surface area contributed by atoms with Crippen molar-refractivity contribution >= 4 is 12.1 Å². The van der Waals surface area contributed by atoms with Gasteiger partial charge in [0.15, 0.2) is 11.5 Å². The molecule has 0 spiro atoms. The number of ether oxygens (including phenoxy) is 3. The quantitative estimate of drug-likeness (QED) is 0.730. The van der Waals surface area contributed by atoms with Gasteiger partial charge in [-0.1, -0.05) is 6.07 Å². The molecule has 0 unspecified atom stereocenters. The van der Waals surface area contributed by atoms with Crippen molar-refractivity contribution in [2.24, 2.45) is 5.73 Å². The van der Waals surface area contributed by atoms with Crippen LogP contribution in [0, 0.1) is 0 Å². The second-order valence-electron chi connectivity index (χ2n) is 7.14. The average molecular weight is 366 g/mol. The largest absolute Gasteiger partial charge is 0.490 e. The monoisotopic (exact) mass is 366 g/mol. The fourth-order valence-corrected chi connectivity index (χ4v) is 2.47. The van der Waals surface area contributed by atoms with Crippen molar-refractivity contribution in [1.82, 2.24) is 5.32 Å². The van der Waals surface area contributed by atoms with Crippen LogP contribution >= 0.6 is 0 Å². The van der Waals surface area contributed by atoms with E-state index in [0.29, 0.717) is 30.3 Å². The normalized spacial score (nSPS) is 16.2. The van der Waals surface area contributed by atoms with Crippen LogP contribution < -0.4 is 20.5 Å². The van der Waals surface area contributed by atoms with Gasteiger partial charge < -0.3 is 30.4 Å². The van der Waals surface area contributed by atoms with Gasteiger partial charge in [-0.05, 0) is 44.9 Å². The lowest BCUT2D eigenvalue weighted by molar-refractivity contribution is -0.139. The minimum absolute atomic E-state index is 0.00815. The van der Waals surface area contributed by atoms with E-state index in [2.05, 4.69) is 5.32 Å². The molecule has 8 heteroatoms. The molecule has 0 saturated heterocycles. The summed E-state index contributed by atoms with van der Waals surface area (Å²) in [5.74, 6) is 0.0446. The highest BCUT2D eigenvalue weighted by Crippen LogP contribution is 2.32. The first-order valence-corrected chi connectivity index (χ1v) is 8.53. The summed E-state index contributed by atoms with van der Waals surface area (Å²) >= 11 is 0. The Labute approximate surface area is 152 Å². The molecular formula is C18H26N2O6. The van der Waals surface area contributed by atoms with E-state index in [1.54, 1.807) is 39.0 Å². The number of hydrogen-bond acceptors (Lipinski definition) is 6. The fraction of sp³-hybridized carbons (Fsp3) is 0.556. The molecule has 8 nitrogen and oxygen atoms in total. The van der Waals surface area contributed by atoms with Gasteiger partial charge in [-0.2, -0.15) is 0 Å². The van der Waals surface area contributed by atoms with E-state index in [9.17, 15) is 14.7 Å². The maximum absolute atomic E-state index is 11.8. The molecule has 1 aliphatic heterocycles. The molecule has 0 aliphatic carbocycles. The van der Waals surface area contributed by atoms with Crippen molar-refractivity contribution in [3.05, 3.63) is 23.8 Å². The summed E-state index contributed by atoms with van der Waals surface area (Å²) in [4.78, 5) is 23.3. The van der Waals surface area contributed by atoms with Crippen LogP contribution in [-0.4, -0.2) is 42.0 Å². The summed E-state index contributed by atoms with van der Waals surface area (Å²) in [6.45, 7) is 6.23. The Kier molecular flexibility index (Phi) is 6.31. The number of carbonyl (C=O) groups excluding carboxylic acids is 1. The number of aliphatic carboxylic acids is 1. The molecule has 1 aliphatic rings. The van der Waals surface area contributed by atoms with E-state index in [0.717, 1.165) is 6.42 Å². The number of nitrogens with two attached hydrogens (primary N) is 1. The third-order valence-corrected chi connectivity index (χ3v) is 3.68. The molecule has 1 aromatic rings. The zero-order valence-corrected chi connectivity index (χ0v) is 15.3. The number of rotatable bonds is 5. The molecule has 0 aromatic heterocycles. The standard InChI is InChI=1S/C18H26N2O6/c1-18(2,3)26-17(23)20-13(16(21)22)10-12(19)11-5-6-14-15(9-11)25-8-4-7-24-14/h5-6,9,12-13H,4,7-8,10,19H2,1-3H3,(H,20,23)(H,21,22)/t12-,13-/m0/s1. The molecule has 4 N–H and O–H groups in total. The lowest BCUT2D eigenvalue weighted by Gasteiger charge is -2.23. The second-order valence-corrected chi connectivity index (χ2v) is 7.14. The first-order chi connectivity index (χ1) is 12.2. The third kappa shape index (κ3) is 5.80. The van der Waals surface area contributed by atoms with Gasteiger partial charge >= 0.3 is 12.1 Å². The van der Waals surface area contributed by atoms with Crippen molar-refractivity contribution < 1.29 is 28.9 Å². The summed E-state index contributed by atoms with van der Waals surface area (Å²) in [7, 11) is 0. The van der Waals surface area contributed by atoms with Crippen LogP contribution in [0.3, 0.4) is 0 Å². The van der Waals surface area contributed by atoms with E-state index in [1.807, 2.05) is 0 Å². The van der Waals surface area contributed by atoms with E-state index in [-0.39, 0.29) is 6.42 Å². The lowest BCUT2D eigenvalue weighted by Crippen LogP contribution is -2.44. The number of fused-ring (bicyclic) bond motifs is 1. The number of nitrogens with one attached hydrogen (secondary N) is 1. The van der Waals surface area contributed by atoms with E-state index in [4.69, 9.17) is 19.9 Å². The van der Waals surface area contributed by atoms with Crippen molar-refractivity contribution in [2.45, 2.75) is 51.3 Å². The maximum Gasteiger partial charge on any atom is 0.408 e. The van der Waals surface area contributed by atoms with E-state index in [1.165, 1.54) is 0 Å².